The fraction of sp³-hybridized carbons (Fsp3) is 0.545. The highest BCUT2D eigenvalue weighted by Gasteiger charge is 1.96. The lowest BCUT2D eigenvalue weighted by atomic mass is 10.3. The first-order chi connectivity index (χ1) is 7.72. The fourth-order valence-corrected chi connectivity index (χ4v) is 1.34. The Labute approximate surface area is 95.6 Å². The molecular weight excluding hydrogens is 206 g/mol. The van der Waals surface area contributed by atoms with Gasteiger partial charge in [-0.05, 0) is 18.6 Å². The molecule has 0 saturated carbocycles. The Hall–Kier alpha value is -1.33. The van der Waals surface area contributed by atoms with E-state index in [1.54, 1.807) is 0 Å². The Morgan fingerprint density at radius 1 is 1.62 bits per heavy atom. The van der Waals surface area contributed by atoms with Gasteiger partial charge in [0.25, 0.3) is 0 Å². The monoisotopic (exact) mass is 225 g/mol. The summed E-state index contributed by atoms with van der Waals surface area (Å²) in [5.41, 5.74) is 6.18. The van der Waals surface area contributed by atoms with E-state index in [0.29, 0.717) is 13.2 Å². The zero-order chi connectivity index (χ0) is 11.8. The molecule has 0 aliphatic carbocycles. The lowest BCUT2D eigenvalue weighted by molar-refractivity contribution is -0.122. The number of amides is 1. The predicted molar refractivity (Wildman–Crippen MR) is 61.8 cm³/mol. The van der Waals surface area contributed by atoms with Crippen molar-refractivity contribution in [1.82, 2.24) is 9.88 Å². The third-order valence-corrected chi connectivity index (χ3v) is 2.17. The molecule has 1 aromatic heterocycles. The first-order valence-electron chi connectivity index (χ1n) is 5.43. The normalized spacial score (nSPS) is 10.6. The van der Waals surface area contributed by atoms with E-state index < -0.39 is 5.91 Å². The van der Waals surface area contributed by atoms with Gasteiger partial charge >= 0.3 is 0 Å². The number of primary amides is 1. The van der Waals surface area contributed by atoms with Crippen LogP contribution in [0.3, 0.4) is 0 Å². The van der Waals surface area contributed by atoms with Crippen molar-refractivity contribution in [3.05, 3.63) is 24.0 Å². The number of aromatic nitrogens is 1. The fourth-order valence-electron chi connectivity index (χ4n) is 1.34. The molecule has 0 fully saturated rings. The van der Waals surface area contributed by atoms with Crippen molar-refractivity contribution < 1.29 is 9.53 Å². The molecule has 0 atom stereocenters. The molecule has 3 N–H and O–H groups in total. The third kappa shape index (κ3) is 4.95. The summed E-state index contributed by atoms with van der Waals surface area (Å²) in [6.07, 6.45) is 4.16. The molecule has 0 saturated heterocycles. The third-order valence-electron chi connectivity index (χ3n) is 2.17. The molecule has 0 radical (unpaired) electrons. The van der Waals surface area contributed by atoms with Gasteiger partial charge < -0.3 is 20.4 Å². The van der Waals surface area contributed by atoms with Crippen molar-refractivity contribution in [3.63, 3.8) is 0 Å². The number of ether oxygens (including phenoxy) is 1. The van der Waals surface area contributed by atoms with Crippen molar-refractivity contribution in [2.75, 3.05) is 19.8 Å². The molecule has 1 rings (SSSR count). The van der Waals surface area contributed by atoms with Crippen LogP contribution in [0.4, 0.5) is 0 Å². The van der Waals surface area contributed by atoms with E-state index in [4.69, 9.17) is 10.5 Å². The smallest absolute Gasteiger partial charge is 0.243 e. The van der Waals surface area contributed by atoms with Crippen LogP contribution in [0, 0.1) is 0 Å². The van der Waals surface area contributed by atoms with E-state index in [1.807, 2.05) is 0 Å². The standard InChI is InChI=1S/C11H19N3O2/c1-2-14-5-3-10(8-14)7-13-4-6-16-9-11(12)15/h3,5,8,13H,2,4,6-7,9H2,1H3,(H2,12,15). The molecule has 0 aliphatic heterocycles. The minimum Gasteiger partial charge on any atom is -0.370 e. The van der Waals surface area contributed by atoms with Gasteiger partial charge in [-0.1, -0.05) is 0 Å². The topological polar surface area (TPSA) is 69.3 Å². The van der Waals surface area contributed by atoms with Crippen molar-refractivity contribution in [2.45, 2.75) is 20.0 Å². The maximum atomic E-state index is 10.4. The van der Waals surface area contributed by atoms with E-state index in [1.165, 1.54) is 5.56 Å². The summed E-state index contributed by atoms with van der Waals surface area (Å²) in [6.45, 7) is 5.11. The molecule has 1 aromatic rings. The first-order valence-corrected chi connectivity index (χ1v) is 5.43. The number of carbonyl (C=O) groups is 1. The molecular formula is C11H19N3O2. The quantitative estimate of drug-likeness (QED) is 0.616. The van der Waals surface area contributed by atoms with E-state index in [2.05, 4.69) is 35.3 Å². The van der Waals surface area contributed by atoms with Gasteiger partial charge in [0.2, 0.25) is 5.91 Å². The molecule has 0 unspecified atom stereocenters. The number of nitrogens with zero attached hydrogens (tertiary/aromatic N) is 1. The Morgan fingerprint density at radius 3 is 3.06 bits per heavy atom. The minimum absolute atomic E-state index is 0.00606. The summed E-state index contributed by atoms with van der Waals surface area (Å²) in [4.78, 5) is 10.4. The molecule has 5 heteroatoms. The molecule has 1 heterocycles. The number of rotatable bonds is 8. The first kappa shape index (κ1) is 12.7. The van der Waals surface area contributed by atoms with Crippen molar-refractivity contribution >= 4 is 5.91 Å². The lowest BCUT2D eigenvalue weighted by Gasteiger charge is -2.03. The zero-order valence-corrected chi connectivity index (χ0v) is 9.61. The molecule has 90 valence electrons. The van der Waals surface area contributed by atoms with Crippen LogP contribution in [-0.2, 0) is 22.6 Å². The van der Waals surface area contributed by atoms with Crippen LogP contribution < -0.4 is 11.1 Å². The van der Waals surface area contributed by atoms with Gasteiger partial charge in [0.1, 0.15) is 6.61 Å². The highest BCUT2D eigenvalue weighted by Crippen LogP contribution is 2.00. The summed E-state index contributed by atoms with van der Waals surface area (Å²) in [6, 6.07) is 2.08. The number of hydrogen-bond donors (Lipinski definition) is 2. The van der Waals surface area contributed by atoms with Crippen LogP contribution in [0.2, 0.25) is 0 Å². The average Bonchev–Trinajstić information content (AvgIpc) is 2.70. The van der Waals surface area contributed by atoms with Gasteiger partial charge in [-0.25, -0.2) is 0 Å². The van der Waals surface area contributed by atoms with E-state index in [-0.39, 0.29) is 6.61 Å². The van der Waals surface area contributed by atoms with Crippen molar-refractivity contribution in [2.24, 2.45) is 5.73 Å². The highest BCUT2D eigenvalue weighted by molar-refractivity contribution is 5.74. The van der Waals surface area contributed by atoms with Gasteiger partial charge in [-0.2, -0.15) is 0 Å². The van der Waals surface area contributed by atoms with Gasteiger partial charge in [-0.15, -0.1) is 0 Å². The molecule has 0 bridgehead atoms. The number of nitrogens with two attached hydrogens (primary N) is 1. The summed E-state index contributed by atoms with van der Waals surface area (Å²) >= 11 is 0. The van der Waals surface area contributed by atoms with Crippen molar-refractivity contribution in [3.8, 4) is 0 Å². The lowest BCUT2D eigenvalue weighted by Crippen LogP contribution is -2.23. The van der Waals surface area contributed by atoms with Crippen LogP contribution in [-0.4, -0.2) is 30.2 Å². The molecule has 0 aliphatic rings. The van der Waals surface area contributed by atoms with E-state index in [0.717, 1.165) is 13.1 Å². The van der Waals surface area contributed by atoms with Crippen LogP contribution in [0.15, 0.2) is 18.5 Å². The minimum atomic E-state index is -0.431. The Bertz CT molecular complexity index is 323. The highest BCUT2D eigenvalue weighted by atomic mass is 16.5. The largest absolute Gasteiger partial charge is 0.370 e. The molecule has 1 amide bonds. The maximum absolute atomic E-state index is 10.4. The summed E-state index contributed by atoms with van der Waals surface area (Å²) < 4.78 is 7.14. The Morgan fingerprint density at radius 2 is 2.44 bits per heavy atom. The van der Waals surface area contributed by atoms with Crippen molar-refractivity contribution in [1.29, 1.82) is 0 Å². The second-order valence-electron chi connectivity index (χ2n) is 3.55. The van der Waals surface area contributed by atoms with Gasteiger partial charge in [0, 0.05) is 32.0 Å². The zero-order valence-electron chi connectivity index (χ0n) is 9.61. The number of aryl methyl sites for hydroxylation is 1. The van der Waals surface area contributed by atoms with Crippen LogP contribution in [0.5, 0.6) is 0 Å². The second kappa shape index (κ2) is 7.03. The summed E-state index contributed by atoms with van der Waals surface area (Å²) in [5, 5.41) is 3.22. The second-order valence-corrected chi connectivity index (χ2v) is 3.55. The number of carbonyl (C=O) groups excluding carboxylic acids is 1. The summed E-state index contributed by atoms with van der Waals surface area (Å²) in [5.74, 6) is -0.431. The van der Waals surface area contributed by atoms with Gasteiger partial charge in [-0.3, -0.25) is 4.79 Å². The SMILES string of the molecule is CCn1ccc(CNCCOCC(N)=O)c1. The number of nitrogens with one attached hydrogen (secondary N) is 1. The van der Waals surface area contributed by atoms with Gasteiger partial charge in [0.05, 0.1) is 6.61 Å². The summed E-state index contributed by atoms with van der Waals surface area (Å²) in [7, 11) is 0. The average molecular weight is 225 g/mol. The predicted octanol–water partition coefficient (Wildman–Crippen LogP) is 0.0995. The molecule has 0 spiro atoms. The Kier molecular flexibility index (Phi) is 5.60. The van der Waals surface area contributed by atoms with Crippen LogP contribution in [0.1, 0.15) is 12.5 Å². The molecule has 5 nitrogen and oxygen atoms in total. The van der Waals surface area contributed by atoms with E-state index in [9.17, 15) is 4.79 Å². The number of hydrogen-bond acceptors (Lipinski definition) is 3. The van der Waals surface area contributed by atoms with E-state index >= 15 is 0 Å². The Balaban J connectivity index is 2.04. The maximum Gasteiger partial charge on any atom is 0.243 e. The molecule has 0 aromatic carbocycles. The van der Waals surface area contributed by atoms with Crippen LogP contribution in [0.25, 0.3) is 0 Å². The molecule has 16 heavy (non-hydrogen) atoms. The van der Waals surface area contributed by atoms with Crippen LogP contribution >= 0.6 is 0 Å². The van der Waals surface area contributed by atoms with Gasteiger partial charge in [0.15, 0.2) is 0 Å².